The summed E-state index contributed by atoms with van der Waals surface area (Å²) in [6, 6.07) is 7.13. The summed E-state index contributed by atoms with van der Waals surface area (Å²) in [5, 5.41) is 12.3. The van der Waals surface area contributed by atoms with Crippen LogP contribution >= 0.6 is 0 Å². The number of hydrogen-bond donors (Lipinski definition) is 2. The molecule has 0 saturated carbocycles. The van der Waals surface area contributed by atoms with Gasteiger partial charge in [-0.1, -0.05) is 18.6 Å². The average Bonchev–Trinajstić information content (AvgIpc) is 2.69. The Morgan fingerprint density at radius 2 is 2.21 bits per heavy atom. The van der Waals surface area contributed by atoms with E-state index in [4.69, 9.17) is 5.11 Å². The Morgan fingerprint density at radius 1 is 1.37 bits per heavy atom. The minimum absolute atomic E-state index is 0.0254. The molecule has 0 aliphatic carbocycles. The van der Waals surface area contributed by atoms with Gasteiger partial charge in [0.05, 0.1) is 11.6 Å². The molecule has 1 aromatic rings. The lowest BCUT2D eigenvalue weighted by Gasteiger charge is -2.19. The molecular weight excluding hydrogens is 240 g/mol. The molecule has 0 radical (unpaired) electrons. The number of nitrogens with one attached hydrogen (secondary N) is 1. The molecule has 0 spiro atoms. The van der Waals surface area contributed by atoms with Crippen molar-refractivity contribution in [3.63, 3.8) is 0 Å². The molecule has 19 heavy (non-hydrogen) atoms. The van der Waals surface area contributed by atoms with Crippen LogP contribution in [0.15, 0.2) is 29.3 Å². The fraction of sp³-hybridized carbons (Fsp3) is 0.467. The van der Waals surface area contributed by atoms with E-state index in [9.17, 15) is 4.79 Å². The predicted octanol–water partition coefficient (Wildman–Crippen LogP) is 2.66. The van der Waals surface area contributed by atoms with Gasteiger partial charge in [0.15, 0.2) is 0 Å². The van der Waals surface area contributed by atoms with Gasteiger partial charge in [-0.2, -0.15) is 0 Å². The van der Waals surface area contributed by atoms with Crippen molar-refractivity contribution in [1.82, 2.24) is 5.32 Å². The van der Waals surface area contributed by atoms with Crippen molar-refractivity contribution < 1.29 is 9.90 Å². The van der Waals surface area contributed by atoms with Gasteiger partial charge in [0, 0.05) is 12.3 Å². The predicted molar refractivity (Wildman–Crippen MR) is 76.0 cm³/mol. The maximum atomic E-state index is 11.0. The van der Waals surface area contributed by atoms with Crippen molar-refractivity contribution in [2.45, 2.75) is 31.7 Å². The highest BCUT2D eigenvalue weighted by molar-refractivity contribution is 5.92. The van der Waals surface area contributed by atoms with E-state index in [1.807, 2.05) is 13.1 Å². The smallest absolute Gasteiger partial charge is 0.335 e. The highest BCUT2D eigenvalue weighted by Crippen LogP contribution is 2.21. The van der Waals surface area contributed by atoms with Gasteiger partial charge in [-0.3, -0.25) is 4.99 Å². The first-order valence-corrected chi connectivity index (χ1v) is 6.76. The molecule has 2 rings (SSSR count). The second-order valence-corrected chi connectivity index (χ2v) is 4.84. The molecule has 102 valence electrons. The van der Waals surface area contributed by atoms with Gasteiger partial charge < -0.3 is 10.4 Å². The molecule has 2 N–H and O–H groups in total. The van der Waals surface area contributed by atoms with E-state index in [0.717, 1.165) is 37.1 Å². The van der Waals surface area contributed by atoms with Crippen molar-refractivity contribution in [1.29, 1.82) is 0 Å². The van der Waals surface area contributed by atoms with Gasteiger partial charge in [0.1, 0.15) is 0 Å². The van der Waals surface area contributed by atoms with E-state index in [2.05, 4.69) is 10.3 Å². The molecule has 1 unspecified atom stereocenters. The number of aliphatic imine (C=N–C) groups is 1. The molecule has 1 aliphatic heterocycles. The lowest BCUT2D eigenvalue weighted by Crippen LogP contribution is -2.25. The number of hydrogen-bond acceptors (Lipinski definition) is 3. The molecule has 4 heteroatoms. The van der Waals surface area contributed by atoms with Crippen LogP contribution < -0.4 is 5.32 Å². The first kappa shape index (κ1) is 13.7. The Hall–Kier alpha value is -1.68. The van der Waals surface area contributed by atoms with E-state index in [1.54, 1.807) is 18.2 Å². The van der Waals surface area contributed by atoms with E-state index in [1.165, 1.54) is 6.42 Å². The molecule has 1 heterocycles. The lowest BCUT2D eigenvalue weighted by atomic mass is 9.97. The summed E-state index contributed by atoms with van der Waals surface area (Å²) in [6.07, 6.45) is 4.52. The number of carboxylic acid groups (broad SMARTS) is 1. The molecule has 4 nitrogen and oxygen atoms in total. The second kappa shape index (κ2) is 6.48. The van der Waals surface area contributed by atoms with Crippen molar-refractivity contribution in [2.75, 3.05) is 13.6 Å². The van der Waals surface area contributed by atoms with Crippen LogP contribution in [0.1, 0.15) is 47.6 Å². The maximum absolute atomic E-state index is 11.0. The Morgan fingerprint density at radius 3 is 2.95 bits per heavy atom. The summed E-state index contributed by atoms with van der Waals surface area (Å²) in [5.74, 6) is -0.889. The number of rotatable bonds is 4. The van der Waals surface area contributed by atoms with E-state index in [-0.39, 0.29) is 6.04 Å². The van der Waals surface area contributed by atoms with Crippen molar-refractivity contribution in [3.05, 3.63) is 35.4 Å². The van der Waals surface area contributed by atoms with Crippen LogP contribution in [0.5, 0.6) is 0 Å². The third kappa shape index (κ3) is 3.41. The van der Waals surface area contributed by atoms with Crippen molar-refractivity contribution in [2.24, 2.45) is 4.99 Å². The van der Waals surface area contributed by atoms with Crippen molar-refractivity contribution in [3.8, 4) is 0 Å². The molecule has 0 aromatic heterocycles. The SMILES string of the molecule is CNC(C1=NCCCCC1)c1cccc(C(=O)O)c1. The second-order valence-electron chi connectivity index (χ2n) is 4.84. The highest BCUT2D eigenvalue weighted by atomic mass is 16.4. The molecule has 1 aromatic carbocycles. The monoisotopic (exact) mass is 260 g/mol. The van der Waals surface area contributed by atoms with Gasteiger partial charge in [-0.15, -0.1) is 0 Å². The third-order valence-corrected chi connectivity index (χ3v) is 3.49. The van der Waals surface area contributed by atoms with Gasteiger partial charge in [-0.05, 0) is 44.0 Å². The van der Waals surface area contributed by atoms with Crippen LogP contribution in [0.25, 0.3) is 0 Å². The minimum Gasteiger partial charge on any atom is -0.478 e. The third-order valence-electron chi connectivity index (χ3n) is 3.49. The first-order valence-electron chi connectivity index (χ1n) is 6.76. The summed E-state index contributed by atoms with van der Waals surface area (Å²) in [6.45, 7) is 0.881. The number of aromatic carboxylic acids is 1. The van der Waals surface area contributed by atoms with Crippen LogP contribution in [0.4, 0.5) is 0 Å². The highest BCUT2D eigenvalue weighted by Gasteiger charge is 2.18. The maximum Gasteiger partial charge on any atom is 0.335 e. The lowest BCUT2D eigenvalue weighted by molar-refractivity contribution is 0.0696. The summed E-state index contributed by atoms with van der Waals surface area (Å²) < 4.78 is 0. The van der Waals surface area contributed by atoms with E-state index in [0.29, 0.717) is 5.56 Å². The largest absolute Gasteiger partial charge is 0.478 e. The number of nitrogens with zero attached hydrogens (tertiary/aromatic N) is 1. The van der Waals surface area contributed by atoms with Gasteiger partial charge in [0.2, 0.25) is 0 Å². The Bertz CT molecular complexity index is 483. The van der Waals surface area contributed by atoms with Crippen LogP contribution in [-0.4, -0.2) is 30.4 Å². The quantitative estimate of drug-likeness (QED) is 0.875. The Balaban J connectivity index is 2.28. The van der Waals surface area contributed by atoms with Crippen molar-refractivity contribution >= 4 is 11.7 Å². The zero-order chi connectivity index (χ0) is 13.7. The summed E-state index contributed by atoms with van der Waals surface area (Å²) >= 11 is 0. The van der Waals surface area contributed by atoms with Crippen LogP contribution in [0, 0.1) is 0 Å². The Kier molecular flexibility index (Phi) is 4.68. The van der Waals surface area contributed by atoms with E-state index < -0.39 is 5.97 Å². The average molecular weight is 260 g/mol. The van der Waals surface area contributed by atoms with Crippen LogP contribution in [0.3, 0.4) is 0 Å². The molecule has 1 atom stereocenters. The molecule has 0 fully saturated rings. The zero-order valence-electron chi connectivity index (χ0n) is 11.2. The summed E-state index contributed by atoms with van der Waals surface area (Å²) in [5.41, 5.74) is 2.44. The molecular formula is C15H20N2O2. The summed E-state index contributed by atoms with van der Waals surface area (Å²) in [7, 11) is 1.89. The standard InChI is InChI=1S/C15H20N2O2/c1-16-14(13-8-3-2-4-9-17-13)11-6-5-7-12(10-11)15(18)19/h5-7,10,14,16H,2-4,8-9H2,1H3,(H,18,19). The fourth-order valence-electron chi connectivity index (χ4n) is 2.51. The van der Waals surface area contributed by atoms with Gasteiger partial charge >= 0.3 is 5.97 Å². The number of carboxylic acids is 1. The van der Waals surface area contributed by atoms with Gasteiger partial charge in [-0.25, -0.2) is 4.79 Å². The van der Waals surface area contributed by atoms with Gasteiger partial charge in [0.25, 0.3) is 0 Å². The molecule has 1 aliphatic rings. The minimum atomic E-state index is -0.889. The normalized spacial score (nSPS) is 17.4. The Labute approximate surface area is 113 Å². The number of benzene rings is 1. The molecule has 0 amide bonds. The molecule has 0 saturated heterocycles. The van der Waals surface area contributed by atoms with Crippen LogP contribution in [0.2, 0.25) is 0 Å². The van der Waals surface area contributed by atoms with E-state index >= 15 is 0 Å². The fourth-order valence-corrected chi connectivity index (χ4v) is 2.51. The zero-order valence-corrected chi connectivity index (χ0v) is 11.2. The summed E-state index contributed by atoms with van der Waals surface area (Å²) in [4.78, 5) is 15.7. The first-order chi connectivity index (χ1) is 9.22. The topological polar surface area (TPSA) is 61.7 Å². The molecule has 0 bridgehead atoms. The number of carbonyl (C=O) groups is 1. The van der Waals surface area contributed by atoms with Crippen LogP contribution in [-0.2, 0) is 0 Å².